The number of carboxylic acid groups (broad SMARTS) is 1. The molecule has 0 bridgehead atoms. The number of methoxy groups -OCH3 is 2. The molecule has 0 aliphatic carbocycles. The molecular weight excluding hydrogens is 262 g/mol. The highest BCUT2D eigenvalue weighted by atomic mass is 16.5. The lowest BCUT2D eigenvalue weighted by Crippen LogP contribution is -2.41. The van der Waals surface area contributed by atoms with Gasteiger partial charge in [0, 0.05) is 20.8 Å². The smallest absolute Gasteiger partial charge is 0.323 e. The summed E-state index contributed by atoms with van der Waals surface area (Å²) in [6, 6.07) is 8.96. The second kappa shape index (κ2) is 8.29. The highest BCUT2D eigenvalue weighted by Crippen LogP contribution is 2.19. The molecule has 110 valence electrons. The fraction of sp³-hybridized carbons (Fsp3) is 0.429. The lowest BCUT2D eigenvalue weighted by Gasteiger charge is -2.25. The maximum absolute atomic E-state index is 12.4. The topological polar surface area (TPSA) is 76.1 Å². The average Bonchev–Trinajstić information content (AvgIpc) is 2.45. The lowest BCUT2D eigenvalue weighted by molar-refractivity contribution is -0.150. The maximum Gasteiger partial charge on any atom is 0.323 e. The van der Waals surface area contributed by atoms with Crippen LogP contribution in [-0.2, 0) is 19.1 Å². The molecule has 6 nitrogen and oxygen atoms in total. The third kappa shape index (κ3) is 4.64. The van der Waals surface area contributed by atoms with Crippen molar-refractivity contribution in [3.05, 3.63) is 35.9 Å². The minimum absolute atomic E-state index is 0.203. The number of carbonyl (C=O) groups excluding carboxylic acids is 1. The van der Waals surface area contributed by atoms with Crippen LogP contribution in [0.5, 0.6) is 0 Å². The van der Waals surface area contributed by atoms with E-state index in [4.69, 9.17) is 14.6 Å². The van der Waals surface area contributed by atoms with E-state index in [2.05, 4.69) is 0 Å². The molecular formula is C14H19NO5. The van der Waals surface area contributed by atoms with Gasteiger partial charge >= 0.3 is 5.97 Å². The number of nitrogens with zero attached hydrogens (tertiary/aromatic N) is 1. The van der Waals surface area contributed by atoms with Gasteiger partial charge < -0.3 is 19.5 Å². The van der Waals surface area contributed by atoms with Crippen molar-refractivity contribution >= 4 is 11.9 Å². The number of amides is 1. The predicted octanol–water partition coefficient (Wildman–Crippen LogP) is 0.934. The first-order chi connectivity index (χ1) is 9.60. The zero-order valence-electron chi connectivity index (χ0n) is 11.6. The number of aliphatic carboxylic acids is 1. The first-order valence-corrected chi connectivity index (χ1v) is 6.17. The van der Waals surface area contributed by atoms with Crippen LogP contribution in [0.3, 0.4) is 0 Å². The standard InChI is InChI=1S/C14H19NO5/c1-19-9-8-15(10-12(16)17)14(18)13(20-2)11-6-4-3-5-7-11/h3-7,13H,8-10H2,1-2H3,(H,16,17). The Balaban J connectivity index is 2.87. The van der Waals surface area contributed by atoms with Crippen molar-refractivity contribution in [3.8, 4) is 0 Å². The van der Waals surface area contributed by atoms with E-state index in [-0.39, 0.29) is 19.7 Å². The fourth-order valence-corrected chi connectivity index (χ4v) is 1.81. The van der Waals surface area contributed by atoms with Crippen LogP contribution in [0.25, 0.3) is 0 Å². The van der Waals surface area contributed by atoms with Gasteiger partial charge in [0.1, 0.15) is 6.54 Å². The Labute approximate surface area is 117 Å². The van der Waals surface area contributed by atoms with Crippen LogP contribution in [0.15, 0.2) is 30.3 Å². The zero-order chi connectivity index (χ0) is 15.0. The summed E-state index contributed by atoms with van der Waals surface area (Å²) in [6.45, 7) is 0.0907. The Kier molecular flexibility index (Phi) is 6.69. The summed E-state index contributed by atoms with van der Waals surface area (Å²) < 4.78 is 10.1. The maximum atomic E-state index is 12.4. The monoisotopic (exact) mass is 281 g/mol. The number of hydrogen-bond acceptors (Lipinski definition) is 4. The largest absolute Gasteiger partial charge is 0.480 e. The second-order valence-corrected chi connectivity index (χ2v) is 4.17. The van der Waals surface area contributed by atoms with Crippen molar-refractivity contribution in [2.45, 2.75) is 6.10 Å². The third-order valence-electron chi connectivity index (χ3n) is 2.77. The van der Waals surface area contributed by atoms with Crippen LogP contribution in [-0.4, -0.2) is 55.8 Å². The summed E-state index contributed by atoms with van der Waals surface area (Å²) in [5, 5.41) is 8.88. The zero-order valence-corrected chi connectivity index (χ0v) is 11.6. The molecule has 1 rings (SSSR count). The van der Waals surface area contributed by atoms with Crippen LogP contribution in [0.4, 0.5) is 0 Å². The molecule has 0 saturated heterocycles. The van der Waals surface area contributed by atoms with Gasteiger partial charge in [0.25, 0.3) is 5.91 Å². The van der Waals surface area contributed by atoms with E-state index in [0.717, 1.165) is 0 Å². The normalized spacial score (nSPS) is 11.9. The van der Waals surface area contributed by atoms with Crippen molar-refractivity contribution in [3.63, 3.8) is 0 Å². The Bertz CT molecular complexity index is 434. The summed E-state index contributed by atoms with van der Waals surface area (Å²) in [5.41, 5.74) is 0.688. The third-order valence-corrected chi connectivity index (χ3v) is 2.77. The minimum Gasteiger partial charge on any atom is -0.480 e. The molecule has 0 fully saturated rings. The first kappa shape index (κ1) is 16.1. The van der Waals surface area contributed by atoms with Crippen molar-refractivity contribution in [2.75, 3.05) is 33.9 Å². The molecule has 0 aliphatic heterocycles. The summed E-state index contributed by atoms with van der Waals surface area (Å²) >= 11 is 0. The van der Waals surface area contributed by atoms with Gasteiger partial charge in [-0.1, -0.05) is 30.3 Å². The first-order valence-electron chi connectivity index (χ1n) is 6.17. The molecule has 1 unspecified atom stereocenters. The van der Waals surface area contributed by atoms with E-state index in [1.165, 1.54) is 19.1 Å². The van der Waals surface area contributed by atoms with Gasteiger partial charge in [-0.3, -0.25) is 9.59 Å². The molecule has 20 heavy (non-hydrogen) atoms. The Hall–Kier alpha value is -1.92. The molecule has 6 heteroatoms. The van der Waals surface area contributed by atoms with E-state index in [0.29, 0.717) is 5.56 Å². The molecule has 1 amide bonds. The van der Waals surface area contributed by atoms with Crippen LogP contribution in [0.1, 0.15) is 11.7 Å². The predicted molar refractivity (Wildman–Crippen MR) is 72.3 cm³/mol. The molecule has 0 spiro atoms. The van der Waals surface area contributed by atoms with E-state index in [9.17, 15) is 9.59 Å². The minimum atomic E-state index is -1.07. The van der Waals surface area contributed by atoms with Crippen LogP contribution in [0.2, 0.25) is 0 Å². The highest BCUT2D eigenvalue weighted by Gasteiger charge is 2.26. The molecule has 0 heterocycles. The molecule has 1 atom stereocenters. The molecule has 1 aromatic carbocycles. The van der Waals surface area contributed by atoms with Crippen molar-refractivity contribution in [2.24, 2.45) is 0 Å². The number of benzene rings is 1. The van der Waals surface area contributed by atoms with Crippen LogP contribution >= 0.6 is 0 Å². The van der Waals surface area contributed by atoms with E-state index >= 15 is 0 Å². The van der Waals surface area contributed by atoms with Gasteiger partial charge in [0.05, 0.1) is 6.61 Å². The van der Waals surface area contributed by atoms with Gasteiger partial charge in [-0.15, -0.1) is 0 Å². The number of rotatable bonds is 8. The van der Waals surface area contributed by atoms with Gasteiger partial charge in [-0.05, 0) is 5.56 Å². The molecule has 1 N–H and O–H groups in total. The van der Waals surface area contributed by atoms with Crippen molar-refractivity contribution < 1.29 is 24.2 Å². The van der Waals surface area contributed by atoms with Gasteiger partial charge in [0.2, 0.25) is 0 Å². The summed E-state index contributed by atoms with van der Waals surface area (Å²) in [6.07, 6.45) is -0.813. The summed E-state index contributed by atoms with van der Waals surface area (Å²) in [5.74, 6) is -1.46. The van der Waals surface area contributed by atoms with Gasteiger partial charge in [-0.25, -0.2) is 0 Å². The molecule has 0 aliphatic rings. The lowest BCUT2D eigenvalue weighted by atomic mass is 10.1. The number of carbonyl (C=O) groups is 2. The quantitative estimate of drug-likeness (QED) is 0.767. The molecule has 0 saturated carbocycles. The van der Waals surface area contributed by atoms with E-state index < -0.39 is 18.0 Å². The van der Waals surface area contributed by atoms with E-state index in [1.807, 2.05) is 6.07 Å². The molecule has 0 aromatic heterocycles. The fourth-order valence-electron chi connectivity index (χ4n) is 1.81. The van der Waals surface area contributed by atoms with Crippen LogP contribution in [0, 0.1) is 0 Å². The van der Waals surface area contributed by atoms with Crippen molar-refractivity contribution in [1.82, 2.24) is 4.90 Å². The van der Waals surface area contributed by atoms with Crippen LogP contribution < -0.4 is 0 Å². The Morgan fingerprint density at radius 2 is 1.90 bits per heavy atom. The Morgan fingerprint density at radius 3 is 2.40 bits per heavy atom. The van der Waals surface area contributed by atoms with Gasteiger partial charge in [0.15, 0.2) is 6.10 Å². The van der Waals surface area contributed by atoms with Gasteiger partial charge in [-0.2, -0.15) is 0 Å². The number of carboxylic acids is 1. The highest BCUT2D eigenvalue weighted by molar-refractivity contribution is 5.85. The summed E-state index contributed by atoms with van der Waals surface area (Å²) in [7, 11) is 2.92. The SMILES string of the molecule is COCCN(CC(=O)O)C(=O)C(OC)c1ccccc1. The summed E-state index contributed by atoms with van der Waals surface area (Å²) in [4.78, 5) is 24.5. The van der Waals surface area contributed by atoms with Crippen molar-refractivity contribution in [1.29, 1.82) is 0 Å². The Morgan fingerprint density at radius 1 is 1.25 bits per heavy atom. The number of hydrogen-bond donors (Lipinski definition) is 1. The van der Waals surface area contributed by atoms with E-state index in [1.54, 1.807) is 24.3 Å². The molecule has 1 aromatic rings. The molecule has 0 radical (unpaired) electrons. The number of ether oxygens (including phenoxy) is 2. The average molecular weight is 281 g/mol. The second-order valence-electron chi connectivity index (χ2n) is 4.17.